The first-order chi connectivity index (χ1) is 15.9. The molecule has 0 radical (unpaired) electrons. The smallest absolute Gasteiger partial charge is 0.271 e. The lowest BCUT2D eigenvalue weighted by atomic mass is 10.0. The predicted octanol–water partition coefficient (Wildman–Crippen LogP) is 3.84. The summed E-state index contributed by atoms with van der Waals surface area (Å²) in [5.74, 6) is -1.10. The van der Waals surface area contributed by atoms with Crippen molar-refractivity contribution < 1.29 is 13.6 Å². The molecular formula is C24H21ClF2N4O2. The van der Waals surface area contributed by atoms with Crippen molar-refractivity contribution in [3.05, 3.63) is 75.6 Å². The largest absolute Gasteiger partial charge is 0.380 e. The minimum Gasteiger partial charge on any atom is -0.380 e. The number of piperidine rings is 1. The van der Waals surface area contributed by atoms with E-state index in [2.05, 4.69) is 5.32 Å². The van der Waals surface area contributed by atoms with Crippen LogP contribution in [0.15, 0.2) is 47.3 Å². The third kappa shape index (κ3) is 4.69. The van der Waals surface area contributed by atoms with E-state index >= 15 is 0 Å². The highest BCUT2D eigenvalue weighted by molar-refractivity contribution is 6.27. The van der Waals surface area contributed by atoms with Crippen molar-refractivity contribution >= 4 is 34.1 Å². The van der Waals surface area contributed by atoms with Gasteiger partial charge in [-0.25, -0.2) is 8.78 Å². The van der Waals surface area contributed by atoms with Gasteiger partial charge in [0.1, 0.15) is 29.1 Å². The maximum Gasteiger partial charge on any atom is 0.271 e. The number of hydrogen-bond acceptors (Lipinski definition) is 4. The monoisotopic (exact) mass is 470 g/mol. The molecule has 1 fully saturated rings. The Morgan fingerprint density at radius 2 is 1.79 bits per heavy atom. The Kier molecular flexibility index (Phi) is 6.61. The normalized spacial score (nSPS) is 14.3. The molecule has 1 saturated heterocycles. The summed E-state index contributed by atoms with van der Waals surface area (Å²) in [5.41, 5.74) is 0.786. The van der Waals surface area contributed by atoms with Gasteiger partial charge in [-0.3, -0.25) is 9.59 Å². The summed E-state index contributed by atoms with van der Waals surface area (Å²) in [6, 6.07) is 11.6. The molecule has 1 aliphatic rings. The molecule has 1 amide bonds. The second-order valence-electron chi connectivity index (χ2n) is 7.97. The lowest BCUT2D eigenvalue weighted by Crippen LogP contribution is -2.43. The Labute approximate surface area is 194 Å². The number of rotatable bonds is 5. The Morgan fingerprint density at radius 1 is 1.12 bits per heavy atom. The minimum atomic E-state index is -0.516. The molecular weight excluding hydrogens is 450 g/mol. The molecule has 2 aromatic carbocycles. The second kappa shape index (κ2) is 9.59. The second-order valence-corrected chi connectivity index (χ2v) is 8.24. The number of aromatic nitrogens is 1. The van der Waals surface area contributed by atoms with Gasteiger partial charge in [0.2, 0.25) is 5.91 Å². The van der Waals surface area contributed by atoms with Crippen molar-refractivity contribution in [2.24, 2.45) is 0 Å². The number of hydrogen-bond donors (Lipinski definition) is 1. The Bertz CT molecular complexity index is 1290. The number of nitrogens with zero attached hydrogens (tertiary/aromatic N) is 3. The third-order valence-corrected chi connectivity index (χ3v) is 6.13. The predicted molar refractivity (Wildman–Crippen MR) is 122 cm³/mol. The molecule has 0 saturated carbocycles. The first kappa shape index (κ1) is 22.7. The van der Waals surface area contributed by atoms with Crippen LogP contribution in [0.4, 0.5) is 14.5 Å². The van der Waals surface area contributed by atoms with Crippen LogP contribution < -0.4 is 10.9 Å². The van der Waals surface area contributed by atoms with Crippen LogP contribution in [-0.4, -0.2) is 40.4 Å². The zero-order chi connectivity index (χ0) is 23.5. The van der Waals surface area contributed by atoms with E-state index in [-0.39, 0.29) is 35.6 Å². The van der Waals surface area contributed by atoms with Gasteiger partial charge in [0.15, 0.2) is 0 Å². The Morgan fingerprint density at radius 3 is 2.42 bits per heavy atom. The SMILES string of the molecule is N#Cc1c(NC2CCN(C(=O)CCl)CC2)c2cc(F)ccc2n(Cc2ccc(F)cc2)c1=O. The molecule has 0 atom stereocenters. The van der Waals surface area contributed by atoms with Gasteiger partial charge in [-0.1, -0.05) is 12.1 Å². The first-order valence-corrected chi connectivity index (χ1v) is 11.1. The number of fused-ring (bicyclic) bond motifs is 1. The van der Waals surface area contributed by atoms with Gasteiger partial charge in [0.25, 0.3) is 5.56 Å². The molecule has 0 unspecified atom stereocenters. The number of halogens is 3. The summed E-state index contributed by atoms with van der Waals surface area (Å²) in [6.07, 6.45) is 1.20. The van der Waals surface area contributed by atoms with Crippen LogP contribution in [-0.2, 0) is 11.3 Å². The molecule has 0 aliphatic carbocycles. The van der Waals surface area contributed by atoms with Crippen molar-refractivity contribution in [1.82, 2.24) is 9.47 Å². The molecule has 0 bridgehead atoms. The van der Waals surface area contributed by atoms with Gasteiger partial charge in [-0.15, -0.1) is 11.6 Å². The van der Waals surface area contributed by atoms with Crippen LogP contribution in [0.25, 0.3) is 10.9 Å². The molecule has 9 heteroatoms. The lowest BCUT2D eigenvalue weighted by molar-refractivity contribution is -0.129. The quantitative estimate of drug-likeness (QED) is 0.575. The van der Waals surface area contributed by atoms with Crippen molar-refractivity contribution in [1.29, 1.82) is 5.26 Å². The van der Waals surface area contributed by atoms with Crippen molar-refractivity contribution in [3.8, 4) is 6.07 Å². The highest BCUT2D eigenvalue weighted by Gasteiger charge is 2.25. The van der Waals surface area contributed by atoms with E-state index in [1.807, 2.05) is 6.07 Å². The number of amides is 1. The number of nitrogens with one attached hydrogen (secondary N) is 1. The first-order valence-electron chi connectivity index (χ1n) is 10.5. The molecule has 0 spiro atoms. The number of carbonyl (C=O) groups excluding carboxylic acids is 1. The van der Waals surface area contributed by atoms with E-state index in [0.29, 0.717) is 42.4 Å². The van der Waals surface area contributed by atoms with Crippen LogP contribution in [0.1, 0.15) is 24.0 Å². The summed E-state index contributed by atoms with van der Waals surface area (Å²) >= 11 is 5.64. The van der Waals surface area contributed by atoms with Crippen molar-refractivity contribution in [2.45, 2.75) is 25.4 Å². The van der Waals surface area contributed by atoms with E-state index in [1.54, 1.807) is 17.0 Å². The number of anilines is 1. The van der Waals surface area contributed by atoms with E-state index in [0.717, 1.165) is 0 Å². The van der Waals surface area contributed by atoms with Gasteiger partial charge in [0, 0.05) is 24.5 Å². The van der Waals surface area contributed by atoms with Crippen LogP contribution in [0.3, 0.4) is 0 Å². The lowest BCUT2D eigenvalue weighted by Gasteiger charge is -2.33. The molecule has 1 aromatic heterocycles. The number of nitriles is 1. The summed E-state index contributed by atoms with van der Waals surface area (Å²) in [7, 11) is 0. The third-order valence-electron chi connectivity index (χ3n) is 5.90. The van der Waals surface area contributed by atoms with E-state index < -0.39 is 17.2 Å². The fourth-order valence-electron chi connectivity index (χ4n) is 4.17. The highest BCUT2D eigenvalue weighted by atomic mass is 35.5. The summed E-state index contributed by atoms with van der Waals surface area (Å²) in [5, 5.41) is 13.5. The van der Waals surface area contributed by atoms with Gasteiger partial charge in [-0.05, 0) is 48.7 Å². The van der Waals surface area contributed by atoms with Gasteiger partial charge >= 0.3 is 0 Å². The van der Waals surface area contributed by atoms with Crippen LogP contribution in [0.5, 0.6) is 0 Å². The molecule has 33 heavy (non-hydrogen) atoms. The fourth-order valence-corrected chi connectivity index (χ4v) is 4.34. The zero-order valence-electron chi connectivity index (χ0n) is 17.7. The number of carbonyl (C=O) groups is 1. The zero-order valence-corrected chi connectivity index (χ0v) is 18.4. The van der Waals surface area contributed by atoms with Gasteiger partial charge < -0.3 is 14.8 Å². The summed E-state index contributed by atoms with van der Waals surface area (Å²) in [6.45, 7) is 1.10. The Hall–Kier alpha value is -3.44. The topological polar surface area (TPSA) is 78.1 Å². The van der Waals surface area contributed by atoms with Crippen LogP contribution in [0, 0.1) is 23.0 Å². The number of pyridine rings is 1. The molecule has 1 N–H and O–H groups in total. The van der Waals surface area contributed by atoms with Crippen molar-refractivity contribution in [3.63, 3.8) is 0 Å². The molecule has 170 valence electrons. The number of benzene rings is 2. The average molecular weight is 471 g/mol. The van der Waals surface area contributed by atoms with E-state index in [4.69, 9.17) is 11.6 Å². The molecule has 1 aliphatic heterocycles. The molecule has 3 aromatic rings. The highest BCUT2D eigenvalue weighted by Crippen LogP contribution is 2.29. The maximum absolute atomic E-state index is 14.2. The van der Waals surface area contributed by atoms with Crippen molar-refractivity contribution in [2.75, 3.05) is 24.3 Å². The van der Waals surface area contributed by atoms with E-state index in [9.17, 15) is 23.6 Å². The summed E-state index contributed by atoms with van der Waals surface area (Å²) in [4.78, 5) is 26.8. The number of alkyl halides is 1. The summed E-state index contributed by atoms with van der Waals surface area (Å²) < 4.78 is 28.9. The van der Waals surface area contributed by atoms with E-state index in [1.165, 1.54) is 34.9 Å². The molecule has 4 rings (SSSR count). The molecule has 2 heterocycles. The minimum absolute atomic E-state index is 0.0765. The van der Waals surface area contributed by atoms with Gasteiger partial charge in [-0.2, -0.15) is 5.26 Å². The fraction of sp³-hybridized carbons (Fsp3) is 0.292. The molecule has 6 nitrogen and oxygen atoms in total. The Balaban J connectivity index is 1.74. The standard InChI is InChI=1S/C24H21ClF2N4O2/c25-12-22(32)30-9-7-18(8-10-30)29-23-19-11-17(27)5-6-21(19)31(24(33)20(23)13-28)14-15-1-3-16(26)4-2-15/h1-6,11,18,29H,7-10,12,14H2. The average Bonchev–Trinajstić information content (AvgIpc) is 2.83. The van der Waals surface area contributed by atoms with Gasteiger partial charge in [0.05, 0.1) is 17.7 Å². The van der Waals surface area contributed by atoms with Crippen LogP contribution >= 0.6 is 11.6 Å². The number of likely N-dealkylation sites (tertiary alicyclic amines) is 1. The van der Waals surface area contributed by atoms with Crippen LogP contribution in [0.2, 0.25) is 0 Å². The maximum atomic E-state index is 14.2.